The summed E-state index contributed by atoms with van der Waals surface area (Å²) in [6.07, 6.45) is 2.83. The number of nitrogens with one attached hydrogen (secondary N) is 1. The Kier molecular flexibility index (Phi) is 4.77. The van der Waals surface area contributed by atoms with Gasteiger partial charge < -0.3 is 5.11 Å². The van der Waals surface area contributed by atoms with Gasteiger partial charge in [-0.25, -0.2) is 13.1 Å². The van der Waals surface area contributed by atoms with Crippen LogP contribution in [0.3, 0.4) is 0 Å². The number of hydrogen-bond donors (Lipinski definition) is 2. The molecule has 0 unspecified atom stereocenters. The molecule has 5 nitrogen and oxygen atoms in total. The lowest BCUT2D eigenvalue weighted by molar-refractivity contribution is -0.143. The molecule has 6 heteroatoms. The van der Waals surface area contributed by atoms with Gasteiger partial charge in [0.2, 0.25) is 10.0 Å². The third kappa shape index (κ3) is 4.05. The lowest BCUT2D eigenvalue weighted by Crippen LogP contribution is -2.45. The zero-order valence-corrected chi connectivity index (χ0v) is 12.0. The molecule has 0 aromatic heterocycles. The van der Waals surface area contributed by atoms with Gasteiger partial charge in [-0.15, -0.1) is 0 Å². The lowest BCUT2D eigenvalue weighted by atomic mass is 9.85. The first-order valence-electron chi connectivity index (χ1n) is 6.75. The van der Waals surface area contributed by atoms with Gasteiger partial charge in [0.25, 0.3) is 0 Å². The molecule has 110 valence electrons. The Morgan fingerprint density at radius 3 is 2.50 bits per heavy atom. The molecule has 1 fully saturated rings. The molecular weight excluding hydrogens is 278 g/mol. The third-order valence-corrected chi connectivity index (χ3v) is 4.99. The topological polar surface area (TPSA) is 83.5 Å². The van der Waals surface area contributed by atoms with Gasteiger partial charge in [-0.2, -0.15) is 0 Å². The fraction of sp³-hybridized carbons (Fsp3) is 0.500. The lowest BCUT2D eigenvalue weighted by Gasteiger charge is -2.29. The summed E-state index contributed by atoms with van der Waals surface area (Å²) < 4.78 is 26.8. The summed E-state index contributed by atoms with van der Waals surface area (Å²) in [7, 11) is -3.51. The maximum atomic E-state index is 12.1. The van der Waals surface area contributed by atoms with Crippen molar-refractivity contribution in [2.24, 2.45) is 5.92 Å². The highest BCUT2D eigenvalue weighted by Gasteiger charge is 2.33. The van der Waals surface area contributed by atoms with Crippen LogP contribution in [0.5, 0.6) is 0 Å². The van der Waals surface area contributed by atoms with E-state index in [0.717, 1.165) is 12.8 Å². The van der Waals surface area contributed by atoms with E-state index >= 15 is 0 Å². The van der Waals surface area contributed by atoms with Crippen LogP contribution >= 0.6 is 0 Å². The Labute approximate surface area is 119 Å². The number of sulfonamides is 1. The Morgan fingerprint density at radius 2 is 1.85 bits per heavy atom. The van der Waals surface area contributed by atoms with Crippen LogP contribution in [0.25, 0.3) is 0 Å². The van der Waals surface area contributed by atoms with Gasteiger partial charge in [-0.1, -0.05) is 43.2 Å². The van der Waals surface area contributed by atoms with Crippen LogP contribution in [0.1, 0.15) is 31.2 Å². The molecule has 0 saturated heterocycles. The number of carbonyl (C=O) groups is 1. The van der Waals surface area contributed by atoms with E-state index in [1.165, 1.54) is 0 Å². The second kappa shape index (κ2) is 6.37. The molecule has 2 N–H and O–H groups in total. The van der Waals surface area contributed by atoms with Crippen molar-refractivity contribution in [3.8, 4) is 0 Å². The van der Waals surface area contributed by atoms with E-state index in [-0.39, 0.29) is 5.75 Å². The van der Waals surface area contributed by atoms with Gasteiger partial charge in [0.05, 0.1) is 11.7 Å². The number of rotatable bonds is 5. The number of benzene rings is 1. The van der Waals surface area contributed by atoms with E-state index in [4.69, 9.17) is 5.11 Å². The van der Waals surface area contributed by atoms with Gasteiger partial charge in [0.1, 0.15) is 0 Å². The van der Waals surface area contributed by atoms with Gasteiger partial charge in [0.15, 0.2) is 0 Å². The first kappa shape index (κ1) is 15.0. The zero-order valence-electron chi connectivity index (χ0n) is 11.2. The number of hydrogen-bond acceptors (Lipinski definition) is 3. The smallest absolute Gasteiger partial charge is 0.308 e. The van der Waals surface area contributed by atoms with Crippen LogP contribution in [-0.4, -0.2) is 25.5 Å². The minimum atomic E-state index is -3.51. The number of carboxylic acid groups (broad SMARTS) is 1. The maximum absolute atomic E-state index is 12.1. The fourth-order valence-electron chi connectivity index (χ4n) is 2.63. The molecule has 0 spiro atoms. The van der Waals surface area contributed by atoms with Crippen LogP contribution < -0.4 is 4.72 Å². The largest absolute Gasteiger partial charge is 0.481 e. The quantitative estimate of drug-likeness (QED) is 0.867. The first-order chi connectivity index (χ1) is 9.48. The minimum Gasteiger partial charge on any atom is -0.481 e. The Balaban J connectivity index is 2.05. The second-order valence-corrected chi connectivity index (χ2v) is 6.95. The summed E-state index contributed by atoms with van der Waals surface area (Å²) >= 11 is 0. The summed E-state index contributed by atoms with van der Waals surface area (Å²) in [6.45, 7) is 0. The summed E-state index contributed by atoms with van der Waals surface area (Å²) in [6, 6.07) is 8.39. The minimum absolute atomic E-state index is 0.114. The molecule has 0 radical (unpaired) electrons. The van der Waals surface area contributed by atoms with E-state index in [0.29, 0.717) is 18.4 Å². The normalized spacial score (nSPS) is 23.4. The Bertz CT molecular complexity index is 556. The molecular formula is C14H19NO4S. The van der Waals surface area contributed by atoms with Crippen molar-refractivity contribution < 1.29 is 18.3 Å². The molecule has 1 aliphatic rings. The predicted octanol–water partition coefficient (Wildman–Crippen LogP) is 1.75. The molecule has 1 aliphatic carbocycles. The van der Waals surface area contributed by atoms with E-state index in [1.807, 2.05) is 6.07 Å². The van der Waals surface area contributed by atoms with Crippen molar-refractivity contribution in [2.75, 3.05) is 0 Å². The van der Waals surface area contributed by atoms with Crippen LogP contribution in [0.4, 0.5) is 0 Å². The zero-order chi connectivity index (χ0) is 14.6. The number of carboxylic acids is 1. The van der Waals surface area contributed by atoms with Crippen LogP contribution in [-0.2, 0) is 20.6 Å². The highest BCUT2D eigenvalue weighted by Crippen LogP contribution is 2.25. The van der Waals surface area contributed by atoms with E-state index in [9.17, 15) is 13.2 Å². The van der Waals surface area contributed by atoms with E-state index in [1.54, 1.807) is 24.3 Å². The molecule has 0 aliphatic heterocycles. The molecule has 1 aromatic carbocycles. The molecule has 2 rings (SSSR count). The fourth-order valence-corrected chi connectivity index (χ4v) is 4.09. The van der Waals surface area contributed by atoms with E-state index < -0.39 is 28.0 Å². The summed E-state index contributed by atoms with van der Waals surface area (Å²) in [5, 5.41) is 9.16. The van der Waals surface area contributed by atoms with Crippen molar-refractivity contribution in [3.63, 3.8) is 0 Å². The molecule has 0 amide bonds. The molecule has 2 atom stereocenters. The van der Waals surface area contributed by atoms with Crippen LogP contribution in [0.2, 0.25) is 0 Å². The molecule has 0 bridgehead atoms. The summed E-state index contributed by atoms with van der Waals surface area (Å²) in [5.41, 5.74) is 0.697. The average Bonchev–Trinajstić information content (AvgIpc) is 2.39. The van der Waals surface area contributed by atoms with Crippen LogP contribution in [0, 0.1) is 5.92 Å². The molecule has 0 heterocycles. The van der Waals surface area contributed by atoms with Gasteiger partial charge >= 0.3 is 5.97 Å². The van der Waals surface area contributed by atoms with Gasteiger partial charge in [-0.05, 0) is 18.4 Å². The standard InChI is InChI=1S/C14H19NO4S/c16-14(17)12-8-4-5-9-13(12)15-20(18,19)10-11-6-2-1-3-7-11/h1-3,6-7,12-13,15H,4-5,8-10H2,(H,16,17)/t12-,13-/m0/s1. The second-order valence-electron chi connectivity index (χ2n) is 5.20. The highest BCUT2D eigenvalue weighted by atomic mass is 32.2. The first-order valence-corrected chi connectivity index (χ1v) is 8.40. The molecule has 1 saturated carbocycles. The van der Waals surface area contributed by atoms with E-state index in [2.05, 4.69) is 4.72 Å². The van der Waals surface area contributed by atoms with Crippen molar-refractivity contribution in [1.29, 1.82) is 0 Å². The summed E-state index contributed by atoms with van der Waals surface area (Å²) in [4.78, 5) is 11.2. The maximum Gasteiger partial charge on any atom is 0.308 e. The van der Waals surface area contributed by atoms with Crippen molar-refractivity contribution in [2.45, 2.75) is 37.5 Å². The third-order valence-electron chi connectivity index (χ3n) is 3.61. The van der Waals surface area contributed by atoms with Crippen LogP contribution in [0.15, 0.2) is 30.3 Å². The highest BCUT2D eigenvalue weighted by molar-refractivity contribution is 7.88. The van der Waals surface area contributed by atoms with Gasteiger partial charge in [-0.3, -0.25) is 4.79 Å². The predicted molar refractivity (Wildman–Crippen MR) is 75.6 cm³/mol. The Hall–Kier alpha value is -1.40. The van der Waals surface area contributed by atoms with Crippen molar-refractivity contribution in [1.82, 2.24) is 4.72 Å². The Morgan fingerprint density at radius 1 is 1.20 bits per heavy atom. The average molecular weight is 297 g/mol. The SMILES string of the molecule is O=C(O)[C@H]1CCCC[C@@H]1NS(=O)(=O)Cc1ccccc1. The van der Waals surface area contributed by atoms with Crippen molar-refractivity contribution >= 4 is 16.0 Å². The van der Waals surface area contributed by atoms with Gasteiger partial charge in [0, 0.05) is 6.04 Å². The summed E-state index contributed by atoms with van der Waals surface area (Å²) in [5.74, 6) is -1.65. The van der Waals surface area contributed by atoms with Crippen molar-refractivity contribution in [3.05, 3.63) is 35.9 Å². The molecule has 20 heavy (non-hydrogen) atoms. The molecule has 1 aromatic rings. The number of aliphatic carboxylic acids is 1. The monoisotopic (exact) mass is 297 g/mol.